The first-order chi connectivity index (χ1) is 6.58. The molecule has 5 heteroatoms. The van der Waals surface area contributed by atoms with Gasteiger partial charge in [0.1, 0.15) is 11.3 Å². The van der Waals surface area contributed by atoms with Crippen LogP contribution in [-0.2, 0) is 0 Å². The molecule has 2 heterocycles. The number of nitrogens with zero attached hydrogens (tertiary/aromatic N) is 2. The number of imidazole rings is 1. The van der Waals surface area contributed by atoms with Gasteiger partial charge in [-0.3, -0.25) is 0 Å². The number of pyridine rings is 1. The third-order valence-electron chi connectivity index (χ3n) is 1.94. The molecule has 2 aromatic rings. The Bertz CT molecular complexity index is 480. The molecular formula is C9H6BrN2O2-. The van der Waals surface area contributed by atoms with Gasteiger partial charge in [0.25, 0.3) is 0 Å². The van der Waals surface area contributed by atoms with Gasteiger partial charge in [-0.25, -0.2) is 4.98 Å². The molecule has 0 fully saturated rings. The molecule has 0 aliphatic carbocycles. The molecule has 0 saturated carbocycles. The maximum Gasteiger partial charge on any atom is 0.137 e. The van der Waals surface area contributed by atoms with E-state index in [2.05, 4.69) is 20.9 Å². The number of carbonyl (C=O) groups is 1. The van der Waals surface area contributed by atoms with Crippen LogP contribution in [-0.4, -0.2) is 15.4 Å². The molecule has 0 N–H and O–H groups in total. The summed E-state index contributed by atoms with van der Waals surface area (Å²) in [6.07, 6.45) is 3.19. The van der Waals surface area contributed by atoms with E-state index in [1.807, 2.05) is 6.92 Å². The molecular weight excluding hydrogens is 248 g/mol. The molecule has 14 heavy (non-hydrogen) atoms. The van der Waals surface area contributed by atoms with Gasteiger partial charge in [0, 0.05) is 16.9 Å². The number of rotatable bonds is 1. The molecule has 0 unspecified atom stereocenters. The van der Waals surface area contributed by atoms with E-state index < -0.39 is 5.97 Å². The van der Waals surface area contributed by atoms with Crippen LogP contribution in [0.4, 0.5) is 0 Å². The highest BCUT2D eigenvalue weighted by atomic mass is 79.9. The molecule has 0 bridgehead atoms. The summed E-state index contributed by atoms with van der Waals surface area (Å²) in [5, 5.41) is 10.5. The van der Waals surface area contributed by atoms with Crippen LogP contribution >= 0.6 is 15.9 Å². The maximum atomic E-state index is 10.5. The third-order valence-corrected chi connectivity index (χ3v) is 2.77. The van der Waals surface area contributed by atoms with E-state index in [1.165, 1.54) is 6.20 Å². The lowest BCUT2D eigenvalue weighted by Gasteiger charge is -1.98. The first-order valence-corrected chi connectivity index (χ1v) is 4.73. The highest BCUT2D eigenvalue weighted by molar-refractivity contribution is 9.10. The Morgan fingerprint density at radius 2 is 2.29 bits per heavy atom. The Hall–Kier alpha value is -1.36. The summed E-state index contributed by atoms with van der Waals surface area (Å²) < 4.78 is 2.55. The molecule has 2 aromatic heterocycles. The standard InChI is InChI=1S/C9H7BrN2O2/c1-5-2-8-11-7(9(13)14)4-12(8)3-6(5)10/h2-4H,1H3,(H,13,14)/p-1. The second kappa shape index (κ2) is 3.09. The molecule has 0 atom stereocenters. The smallest absolute Gasteiger partial charge is 0.137 e. The number of fused-ring (bicyclic) bond motifs is 1. The zero-order valence-corrected chi connectivity index (χ0v) is 8.91. The van der Waals surface area contributed by atoms with Crippen molar-refractivity contribution in [2.45, 2.75) is 6.92 Å². The SMILES string of the molecule is Cc1cc2nc(C(=O)[O-])cn2cc1Br. The lowest BCUT2D eigenvalue weighted by atomic mass is 10.3. The summed E-state index contributed by atoms with van der Waals surface area (Å²) in [6.45, 7) is 1.91. The van der Waals surface area contributed by atoms with Crippen LogP contribution in [0.5, 0.6) is 0 Å². The van der Waals surface area contributed by atoms with E-state index in [4.69, 9.17) is 0 Å². The zero-order valence-electron chi connectivity index (χ0n) is 7.32. The number of aryl methyl sites for hydroxylation is 1. The van der Waals surface area contributed by atoms with Crippen LogP contribution in [0.25, 0.3) is 5.65 Å². The number of aromatic carboxylic acids is 1. The fourth-order valence-electron chi connectivity index (χ4n) is 1.20. The van der Waals surface area contributed by atoms with Crippen molar-refractivity contribution in [1.29, 1.82) is 0 Å². The van der Waals surface area contributed by atoms with Crippen molar-refractivity contribution in [1.82, 2.24) is 9.38 Å². The highest BCUT2D eigenvalue weighted by Crippen LogP contribution is 2.17. The summed E-state index contributed by atoms with van der Waals surface area (Å²) in [6, 6.07) is 1.80. The second-order valence-corrected chi connectivity index (χ2v) is 3.84. The Morgan fingerprint density at radius 1 is 1.57 bits per heavy atom. The van der Waals surface area contributed by atoms with Crippen molar-refractivity contribution in [3.05, 3.63) is 34.2 Å². The zero-order chi connectivity index (χ0) is 10.3. The summed E-state index contributed by atoms with van der Waals surface area (Å²) in [7, 11) is 0. The minimum atomic E-state index is -1.26. The summed E-state index contributed by atoms with van der Waals surface area (Å²) in [5.41, 5.74) is 1.56. The number of carboxylic acid groups (broad SMARTS) is 1. The lowest BCUT2D eigenvalue weighted by molar-refractivity contribution is -0.255. The van der Waals surface area contributed by atoms with E-state index in [9.17, 15) is 9.90 Å². The van der Waals surface area contributed by atoms with Gasteiger partial charge < -0.3 is 14.3 Å². The fourth-order valence-corrected chi connectivity index (χ4v) is 1.54. The van der Waals surface area contributed by atoms with Crippen molar-refractivity contribution < 1.29 is 9.90 Å². The van der Waals surface area contributed by atoms with E-state index >= 15 is 0 Å². The Labute approximate surface area is 88.3 Å². The number of hydrogen-bond acceptors (Lipinski definition) is 3. The van der Waals surface area contributed by atoms with Crippen LogP contribution in [0.15, 0.2) is 22.9 Å². The van der Waals surface area contributed by atoms with Crippen LogP contribution < -0.4 is 5.11 Å². The first-order valence-electron chi connectivity index (χ1n) is 3.94. The number of halogens is 1. The van der Waals surface area contributed by atoms with E-state index in [0.717, 1.165) is 10.0 Å². The molecule has 0 amide bonds. The predicted molar refractivity (Wildman–Crippen MR) is 52.0 cm³/mol. The normalized spacial score (nSPS) is 10.7. The number of carboxylic acids is 1. The van der Waals surface area contributed by atoms with Crippen molar-refractivity contribution in [3.63, 3.8) is 0 Å². The topological polar surface area (TPSA) is 57.4 Å². The largest absolute Gasteiger partial charge is 0.543 e. The molecule has 4 nitrogen and oxygen atoms in total. The fraction of sp³-hybridized carbons (Fsp3) is 0.111. The van der Waals surface area contributed by atoms with Crippen LogP contribution in [0.2, 0.25) is 0 Å². The number of aromatic nitrogens is 2. The van der Waals surface area contributed by atoms with Crippen molar-refractivity contribution in [3.8, 4) is 0 Å². The van der Waals surface area contributed by atoms with E-state index in [-0.39, 0.29) is 5.69 Å². The Kier molecular flexibility index (Phi) is 2.03. The average Bonchev–Trinajstić information content (AvgIpc) is 2.48. The summed E-state index contributed by atoms with van der Waals surface area (Å²) >= 11 is 3.35. The molecule has 0 spiro atoms. The minimum absolute atomic E-state index is 0.0532. The molecule has 72 valence electrons. The molecule has 0 aliphatic rings. The van der Waals surface area contributed by atoms with Gasteiger partial charge in [0.05, 0.1) is 5.97 Å². The van der Waals surface area contributed by atoms with E-state index in [1.54, 1.807) is 16.7 Å². The van der Waals surface area contributed by atoms with Gasteiger partial charge in [-0.2, -0.15) is 0 Å². The van der Waals surface area contributed by atoms with E-state index in [0.29, 0.717) is 5.65 Å². The van der Waals surface area contributed by atoms with Gasteiger partial charge in [-0.1, -0.05) is 0 Å². The molecule has 0 aliphatic heterocycles. The first kappa shape index (κ1) is 9.21. The highest BCUT2D eigenvalue weighted by Gasteiger charge is 2.04. The Balaban J connectivity index is 2.72. The van der Waals surface area contributed by atoms with Gasteiger partial charge in [-0.05, 0) is 34.5 Å². The molecule has 2 rings (SSSR count). The van der Waals surface area contributed by atoms with Crippen LogP contribution in [0, 0.1) is 6.92 Å². The number of carbonyl (C=O) groups excluding carboxylic acids is 1. The average molecular weight is 254 g/mol. The van der Waals surface area contributed by atoms with Crippen LogP contribution in [0.3, 0.4) is 0 Å². The van der Waals surface area contributed by atoms with Crippen LogP contribution in [0.1, 0.15) is 16.1 Å². The molecule has 0 radical (unpaired) electrons. The summed E-state index contributed by atoms with van der Waals surface area (Å²) in [5.74, 6) is -1.26. The Morgan fingerprint density at radius 3 is 2.93 bits per heavy atom. The number of hydrogen-bond donors (Lipinski definition) is 0. The van der Waals surface area contributed by atoms with Gasteiger partial charge in [0.2, 0.25) is 0 Å². The third kappa shape index (κ3) is 1.39. The van der Waals surface area contributed by atoms with Gasteiger partial charge >= 0.3 is 0 Å². The minimum Gasteiger partial charge on any atom is -0.543 e. The molecule has 0 aromatic carbocycles. The maximum absolute atomic E-state index is 10.5. The lowest BCUT2D eigenvalue weighted by Crippen LogP contribution is -2.22. The van der Waals surface area contributed by atoms with Crippen molar-refractivity contribution in [2.24, 2.45) is 0 Å². The quantitative estimate of drug-likeness (QED) is 0.755. The van der Waals surface area contributed by atoms with Crippen molar-refractivity contribution in [2.75, 3.05) is 0 Å². The monoisotopic (exact) mass is 253 g/mol. The summed E-state index contributed by atoms with van der Waals surface area (Å²) in [4.78, 5) is 14.4. The van der Waals surface area contributed by atoms with Gasteiger partial charge in [-0.15, -0.1) is 0 Å². The van der Waals surface area contributed by atoms with Gasteiger partial charge in [0.15, 0.2) is 0 Å². The van der Waals surface area contributed by atoms with Crippen molar-refractivity contribution >= 4 is 27.5 Å². The second-order valence-electron chi connectivity index (χ2n) is 2.98. The molecule has 0 saturated heterocycles. The predicted octanol–water partition coefficient (Wildman–Crippen LogP) is 0.769.